The van der Waals surface area contributed by atoms with Crippen LogP contribution in [0.15, 0.2) is 48.5 Å². The molecular formula is C25H29NO5. The van der Waals surface area contributed by atoms with Gasteiger partial charge in [-0.3, -0.25) is 9.69 Å². The van der Waals surface area contributed by atoms with Crippen molar-refractivity contribution in [2.75, 3.05) is 6.79 Å². The molecule has 1 saturated heterocycles. The minimum Gasteiger partial charge on any atom is -0.454 e. The number of rotatable bonds is 5. The molecule has 2 unspecified atom stereocenters. The highest BCUT2D eigenvalue weighted by Gasteiger charge is 2.43. The Kier molecular flexibility index (Phi) is 5.90. The summed E-state index contributed by atoms with van der Waals surface area (Å²) in [5.41, 5.74) is 1.11. The van der Waals surface area contributed by atoms with Crippen LogP contribution in [0.5, 0.6) is 11.5 Å². The number of hydrogen-bond acceptors (Lipinski definition) is 5. The highest BCUT2D eigenvalue weighted by atomic mass is 16.7. The van der Waals surface area contributed by atoms with E-state index in [1.54, 1.807) is 23.1 Å². The van der Waals surface area contributed by atoms with Crippen molar-refractivity contribution in [3.05, 3.63) is 59.7 Å². The van der Waals surface area contributed by atoms with Gasteiger partial charge in [0, 0.05) is 11.6 Å². The van der Waals surface area contributed by atoms with E-state index in [-0.39, 0.29) is 18.6 Å². The first kappa shape index (κ1) is 21.2. The second-order valence-corrected chi connectivity index (χ2v) is 9.09. The first-order chi connectivity index (χ1) is 14.8. The van der Waals surface area contributed by atoms with Crippen molar-refractivity contribution in [3.8, 4) is 11.5 Å². The molecule has 2 aliphatic heterocycles. The smallest absolute Gasteiger partial charge is 0.411 e. The van der Waals surface area contributed by atoms with Crippen LogP contribution in [0.25, 0.3) is 0 Å². The average molecular weight is 424 g/mol. The van der Waals surface area contributed by atoms with Crippen LogP contribution in [-0.4, -0.2) is 41.3 Å². The van der Waals surface area contributed by atoms with Crippen LogP contribution in [0.1, 0.15) is 56.0 Å². The van der Waals surface area contributed by atoms with Crippen LogP contribution in [0.3, 0.4) is 0 Å². The summed E-state index contributed by atoms with van der Waals surface area (Å²) >= 11 is 0. The Hall–Kier alpha value is -3.02. The number of ether oxygens (including phenoxy) is 3. The van der Waals surface area contributed by atoms with Crippen LogP contribution >= 0.6 is 0 Å². The number of nitrogens with zero attached hydrogens (tertiary/aromatic N) is 1. The molecule has 1 fully saturated rings. The maximum absolute atomic E-state index is 13.4. The molecule has 0 N–H and O–H groups in total. The van der Waals surface area contributed by atoms with Crippen LogP contribution in [0, 0.1) is 0 Å². The number of ketones is 1. The SMILES string of the molecule is CC(C)(C)OC(=O)N1C(CCc2ccccc2)CCC1C(=O)c1ccc2c(c1)OCO2. The van der Waals surface area contributed by atoms with Crippen molar-refractivity contribution < 1.29 is 23.8 Å². The number of likely N-dealkylation sites (tertiary alicyclic amines) is 1. The number of Topliss-reactive ketones (excluding diaryl/α,β-unsaturated/α-hetero) is 1. The van der Waals surface area contributed by atoms with Gasteiger partial charge >= 0.3 is 6.09 Å². The third kappa shape index (κ3) is 4.84. The molecule has 0 bridgehead atoms. The Balaban J connectivity index is 1.55. The van der Waals surface area contributed by atoms with Gasteiger partial charge in [0.1, 0.15) is 5.60 Å². The highest BCUT2D eigenvalue weighted by Crippen LogP contribution is 2.35. The van der Waals surface area contributed by atoms with Gasteiger partial charge in [0.15, 0.2) is 17.3 Å². The molecule has 2 aromatic rings. The molecule has 2 aliphatic rings. The van der Waals surface area contributed by atoms with Crippen molar-refractivity contribution in [1.29, 1.82) is 0 Å². The molecule has 0 aromatic heterocycles. The Morgan fingerprint density at radius 2 is 1.77 bits per heavy atom. The van der Waals surface area contributed by atoms with E-state index in [1.807, 2.05) is 39.0 Å². The van der Waals surface area contributed by atoms with Gasteiger partial charge in [-0.15, -0.1) is 0 Å². The first-order valence-electron chi connectivity index (χ1n) is 10.8. The second-order valence-electron chi connectivity index (χ2n) is 9.09. The molecule has 6 nitrogen and oxygen atoms in total. The number of aryl methyl sites for hydroxylation is 1. The lowest BCUT2D eigenvalue weighted by Crippen LogP contribution is -2.47. The van der Waals surface area contributed by atoms with Crippen LogP contribution in [0.2, 0.25) is 0 Å². The number of fused-ring (bicyclic) bond motifs is 1. The van der Waals surface area contributed by atoms with Gasteiger partial charge in [-0.25, -0.2) is 4.79 Å². The molecular weight excluding hydrogens is 394 g/mol. The molecule has 4 rings (SSSR count). The van der Waals surface area contributed by atoms with Crippen LogP contribution < -0.4 is 9.47 Å². The van der Waals surface area contributed by atoms with E-state index in [0.29, 0.717) is 23.5 Å². The Bertz CT molecular complexity index is 950. The van der Waals surface area contributed by atoms with Gasteiger partial charge in [0.05, 0.1) is 6.04 Å². The lowest BCUT2D eigenvalue weighted by molar-refractivity contribution is 0.0140. The minimum atomic E-state index is -0.629. The first-order valence-corrected chi connectivity index (χ1v) is 10.8. The predicted molar refractivity (Wildman–Crippen MR) is 117 cm³/mol. The quantitative estimate of drug-likeness (QED) is 0.633. The second kappa shape index (κ2) is 8.61. The number of amides is 1. The van der Waals surface area contributed by atoms with Crippen LogP contribution in [0.4, 0.5) is 4.79 Å². The summed E-state index contributed by atoms with van der Waals surface area (Å²) in [6.07, 6.45) is 2.59. The van der Waals surface area contributed by atoms with Gasteiger partial charge < -0.3 is 14.2 Å². The van der Waals surface area contributed by atoms with E-state index >= 15 is 0 Å². The van der Waals surface area contributed by atoms with E-state index in [0.717, 1.165) is 19.3 Å². The Morgan fingerprint density at radius 3 is 2.52 bits per heavy atom. The van der Waals surface area contributed by atoms with E-state index in [9.17, 15) is 9.59 Å². The molecule has 2 heterocycles. The van der Waals surface area contributed by atoms with E-state index in [4.69, 9.17) is 14.2 Å². The van der Waals surface area contributed by atoms with E-state index in [2.05, 4.69) is 12.1 Å². The van der Waals surface area contributed by atoms with Crippen molar-refractivity contribution in [2.45, 2.75) is 64.1 Å². The fraction of sp³-hybridized carbons (Fsp3) is 0.440. The van der Waals surface area contributed by atoms with Crippen molar-refractivity contribution in [1.82, 2.24) is 4.90 Å². The zero-order valence-corrected chi connectivity index (χ0v) is 18.3. The largest absolute Gasteiger partial charge is 0.454 e. The van der Waals surface area contributed by atoms with Gasteiger partial charge in [-0.1, -0.05) is 30.3 Å². The van der Waals surface area contributed by atoms with Crippen LogP contribution in [-0.2, 0) is 11.2 Å². The Morgan fingerprint density at radius 1 is 1.03 bits per heavy atom. The fourth-order valence-electron chi connectivity index (χ4n) is 4.23. The van der Waals surface area contributed by atoms with Gasteiger partial charge in [0.2, 0.25) is 6.79 Å². The van der Waals surface area contributed by atoms with Crippen molar-refractivity contribution in [2.24, 2.45) is 0 Å². The maximum atomic E-state index is 13.4. The highest BCUT2D eigenvalue weighted by molar-refractivity contribution is 6.02. The third-order valence-corrected chi connectivity index (χ3v) is 5.68. The molecule has 1 amide bonds. The summed E-state index contributed by atoms with van der Waals surface area (Å²) in [5.74, 6) is 1.10. The molecule has 6 heteroatoms. The summed E-state index contributed by atoms with van der Waals surface area (Å²) < 4.78 is 16.5. The molecule has 0 radical (unpaired) electrons. The number of carbonyl (C=O) groups is 2. The monoisotopic (exact) mass is 423 g/mol. The average Bonchev–Trinajstić information content (AvgIpc) is 3.37. The van der Waals surface area contributed by atoms with Gasteiger partial charge in [-0.05, 0) is 70.2 Å². The molecule has 0 saturated carbocycles. The maximum Gasteiger partial charge on any atom is 0.411 e. The topological polar surface area (TPSA) is 65.1 Å². The lowest BCUT2D eigenvalue weighted by atomic mass is 10.0. The zero-order chi connectivity index (χ0) is 22.0. The van der Waals surface area contributed by atoms with Gasteiger partial charge in [0.25, 0.3) is 0 Å². The summed E-state index contributed by atoms with van der Waals surface area (Å²) in [4.78, 5) is 28.2. The fourth-order valence-corrected chi connectivity index (χ4v) is 4.23. The third-order valence-electron chi connectivity index (χ3n) is 5.68. The number of benzene rings is 2. The lowest BCUT2D eigenvalue weighted by Gasteiger charge is -2.32. The molecule has 0 aliphatic carbocycles. The molecule has 164 valence electrons. The standard InChI is InChI=1S/C25H29NO5/c1-25(2,3)31-24(28)26-19(11-9-17-7-5-4-6-8-17)12-13-20(26)23(27)18-10-14-21-22(15-18)30-16-29-21/h4-8,10,14-15,19-20H,9,11-13,16H2,1-3H3. The number of carbonyl (C=O) groups excluding carboxylic acids is 2. The molecule has 0 spiro atoms. The van der Waals surface area contributed by atoms with Crippen molar-refractivity contribution >= 4 is 11.9 Å². The summed E-state index contributed by atoms with van der Waals surface area (Å²) in [5, 5.41) is 0. The summed E-state index contributed by atoms with van der Waals surface area (Å²) in [6, 6.07) is 14.8. The molecule has 2 atom stereocenters. The molecule has 31 heavy (non-hydrogen) atoms. The van der Waals surface area contributed by atoms with Crippen molar-refractivity contribution in [3.63, 3.8) is 0 Å². The molecule has 2 aromatic carbocycles. The van der Waals surface area contributed by atoms with E-state index < -0.39 is 17.7 Å². The zero-order valence-electron chi connectivity index (χ0n) is 18.3. The Labute approximate surface area is 183 Å². The minimum absolute atomic E-state index is 0.0435. The predicted octanol–water partition coefficient (Wildman–Crippen LogP) is 5.00. The van der Waals surface area contributed by atoms with E-state index in [1.165, 1.54) is 5.56 Å². The van der Waals surface area contributed by atoms with Gasteiger partial charge in [-0.2, -0.15) is 0 Å². The summed E-state index contributed by atoms with van der Waals surface area (Å²) in [6.45, 7) is 5.68. The normalized spacial score (nSPS) is 20.0. The summed E-state index contributed by atoms with van der Waals surface area (Å²) in [7, 11) is 0. The number of hydrogen-bond donors (Lipinski definition) is 0.